The van der Waals surface area contributed by atoms with Crippen LogP contribution >= 0.6 is 0 Å². The molecule has 1 atom stereocenters. The summed E-state index contributed by atoms with van der Waals surface area (Å²) in [5, 5.41) is 9.57. The SMILES string of the molecule is CN1CCN(Cc2cccc(C(C)(C)C)c2)C(CO)C1. The molecule has 1 aromatic rings. The number of hydrogen-bond acceptors (Lipinski definition) is 3. The Morgan fingerprint density at radius 2 is 2.00 bits per heavy atom. The average Bonchev–Trinajstić information content (AvgIpc) is 2.40. The lowest BCUT2D eigenvalue weighted by molar-refractivity contribution is 0.0458. The summed E-state index contributed by atoms with van der Waals surface area (Å²) in [6.07, 6.45) is 0. The van der Waals surface area contributed by atoms with Crippen LogP contribution in [0, 0.1) is 0 Å². The van der Waals surface area contributed by atoms with Gasteiger partial charge in [-0.15, -0.1) is 0 Å². The van der Waals surface area contributed by atoms with Crippen LogP contribution in [0.4, 0.5) is 0 Å². The summed E-state index contributed by atoms with van der Waals surface area (Å²) >= 11 is 0. The highest BCUT2D eigenvalue weighted by Crippen LogP contribution is 2.24. The smallest absolute Gasteiger partial charge is 0.0599 e. The van der Waals surface area contributed by atoms with Gasteiger partial charge in [-0.2, -0.15) is 0 Å². The Bertz CT molecular complexity index is 439. The van der Waals surface area contributed by atoms with Crippen molar-refractivity contribution in [3.63, 3.8) is 0 Å². The average molecular weight is 276 g/mol. The first kappa shape index (κ1) is 15.5. The summed E-state index contributed by atoms with van der Waals surface area (Å²) in [4.78, 5) is 4.70. The van der Waals surface area contributed by atoms with Crippen LogP contribution in [0.3, 0.4) is 0 Å². The maximum absolute atomic E-state index is 9.57. The Labute approximate surface area is 123 Å². The highest BCUT2D eigenvalue weighted by Gasteiger charge is 2.24. The fourth-order valence-electron chi connectivity index (χ4n) is 2.80. The van der Waals surface area contributed by atoms with Crippen molar-refractivity contribution >= 4 is 0 Å². The van der Waals surface area contributed by atoms with Crippen LogP contribution in [0.1, 0.15) is 31.9 Å². The molecule has 1 N–H and O–H groups in total. The lowest BCUT2D eigenvalue weighted by Gasteiger charge is -2.39. The van der Waals surface area contributed by atoms with Gasteiger partial charge >= 0.3 is 0 Å². The molecule has 3 nitrogen and oxygen atoms in total. The van der Waals surface area contributed by atoms with E-state index in [9.17, 15) is 5.11 Å². The van der Waals surface area contributed by atoms with E-state index >= 15 is 0 Å². The molecular formula is C17H28N2O. The molecule has 1 unspecified atom stereocenters. The molecule has 0 aliphatic carbocycles. The van der Waals surface area contributed by atoms with Gasteiger partial charge in [-0.05, 0) is 23.6 Å². The quantitative estimate of drug-likeness (QED) is 0.916. The van der Waals surface area contributed by atoms with Crippen LogP contribution in [0.25, 0.3) is 0 Å². The summed E-state index contributed by atoms with van der Waals surface area (Å²) in [6, 6.07) is 9.12. The summed E-state index contributed by atoms with van der Waals surface area (Å²) in [7, 11) is 2.13. The highest BCUT2D eigenvalue weighted by molar-refractivity contribution is 5.28. The van der Waals surface area contributed by atoms with Crippen molar-refractivity contribution in [2.24, 2.45) is 0 Å². The molecule has 1 fully saturated rings. The molecule has 2 rings (SSSR count). The summed E-state index contributed by atoms with van der Waals surface area (Å²) in [5.74, 6) is 0. The van der Waals surface area contributed by atoms with E-state index in [2.05, 4.69) is 61.9 Å². The first-order valence-corrected chi connectivity index (χ1v) is 7.53. The lowest BCUT2D eigenvalue weighted by Crippen LogP contribution is -2.52. The number of rotatable bonds is 3. The molecule has 20 heavy (non-hydrogen) atoms. The van der Waals surface area contributed by atoms with Crippen LogP contribution in [-0.2, 0) is 12.0 Å². The van der Waals surface area contributed by atoms with Crippen LogP contribution in [0.15, 0.2) is 24.3 Å². The molecule has 0 saturated carbocycles. The van der Waals surface area contributed by atoms with Crippen LogP contribution in [0.5, 0.6) is 0 Å². The minimum atomic E-state index is 0.189. The van der Waals surface area contributed by atoms with E-state index < -0.39 is 0 Å². The second-order valence-electron chi connectivity index (χ2n) is 7.02. The first-order chi connectivity index (χ1) is 9.40. The van der Waals surface area contributed by atoms with E-state index in [0.29, 0.717) is 0 Å². The van der Waals surface area contributed by atoms with Crippen molar-refractivity contribution in [2.45, 2.75) is 38.8 Å². The van der Waals surface area contributed by atoms with Crippen molar-refractivity contribution in [3.8, 4) is 0 Å². The number of likely N-dealkylation sites (N-methyl/N-ethyl adjacent to an activating group) is 1. The van der Waals surface area contributed by atoms with Gasteiger partial charge in [0.15, 0.2) is 0 Å². The first-order valence-electron chi connectivity index (χ1n) is 7.53. The molecule has 0 spiro atoms. The Morgan fingerprint density at radius 3 is 2.65 bits per heavy atom. The second-order valence-corrected chi connectivity index (χ2v) is 7.02. The zero-order chi connectivity index (χ0) is 14.8. The summed E-state index contributed by atoms with van der Waals surface area (Å²) in [5.41, 5.74) is 2.92. The molecule has 1 aliphatic rings. The van der Waals surface area contributed by atoms with Gasteiger partial charge in [0.05, 0.1) is 6.61 Å². The van der Waals surface area contributed by atoms with Crippen molar-refractivity contribution in [1.82, 2.24) is 9.80 Å². The van der Waals surface area contributed by atoms with Crippen molar-refractivity contribution in [1.29, 1.82) is 0 Å². The summed E-state index contributed by atoms with van der Waals surface area (Å²) < 4.78 is 0. The Kier molecular flexibility index (Phi) is 4.84. The number of piperazine rings is 1. The van der Waals surface area contributed by atoms with Crippen molar-refractivity contribution in [3.05, 3.63) is 35.4 Å². The van der Waals surface area contributed by atoms with Gasteiger partial charge in [0.2, 0.25) is 0 Å². The third-order valence-corrected chi connectivity index (χ3v) is 4.20. The molecule has 1 aliphatic heterocycles. The minimum absolute atomic E-state index is 0.189. The second kappa shape index (κ2) is 6.25. The topological polar surface area (TPSA) is 26.7 Å². The Morgan fingerprint density at radius 1 is 1.25 bits per heavy atom. The number of nitrogens with zero attached hydrogens (tertiary/aromatic N) is 2. The molecule has 1 heterocycles. The molecule has 0 radical (unpaired) electrons. The van der Waals surface area contributed by atoms with Crippen LogP contribution in [0.2, 0.25) is 0 Å². The van der Waals surface area contributed by atoms with Crippen LogP contribution in [-0.4, -0.2) is 54.2 Å². The molecule has 0 bridgehead atoms. The lowest BCUT2D eigenvalue weighted by atomic mass is 9.86. The third kappa shape index (κ3) is 3.81. The molecule has 3 heteroatoms. The maximum atomic E-state index is 9.57. The zero-order valence-electron chi connectivity index (χ0n) is 13.3. The number of aliphatic hydroxyl groups excluding tert-OH is 1. The molecule has 112 valence electrons. The fourth-order valence-corrected chi connectivity index (χ4v) is 2.80. The minimum Gasteiger partial charge on any atom is -0.395 e. The van der Waals surface area contributed by atoms with E-state index in [4.69, 9.17) is 0 Å². The van der Waals surface area contributed by atoms with Gasteiger partial charge in [-0.1, -0.05) is 45.0 Å². The molecule has 1 aromatic carbocycles. The maximum Gasteiger partial charge on any atom is 0.0599 e. The van der Waals surface area contributed by atoms with Crippen molar-refractivity contribution < 1.29 is 5.11 Å². The van der Waals surface area contributed by atoms with E-state index in [1.807, 2.05) is 0 Å². The van der Waals surface area contributed by atoms with E-state index in [1.165, 1.54) is 11.1 Å². The predicted molar refractivity (Wildman–Crippen MR) is 83.9 cm³/mol. The Balaban J connectivity index is 2.09. The molecule has 0 amide bonds. The van der Waals surface area contributed by atoms with E-state index in [-0.39, 0.29) is 18.1 Å². The third-order valence-electron chi connectivity index (χ3n) is 4.20. The normalized spacial score (nSPS) is 22.1. The Hall–Kier alpha value is -0.900. The van der Waals surface area contributed by atoms with Crippen molar-refractivity contribution in [2.75, 3.05) is 33.3 Å². The molecule has 1 saturated heterocycles. The number of hydrogen-bond donors (Lipinski definition) is 1. The zero-order valence-corrected chi connectivity index (χ0v) is 13.3. The number of benzene rings is 1. The van der Waals surface area contributed by atoms with Gasteiger partial charge in [0.25, 0.3) is 0 Å². The highest BCUT2D eigenvalue weighted by atomic mass is 16.3. The van der Waals surface area contributed by atoms with Crippen LogP contribution < -0.4 is 0 Å². The van der Waals surface area contributed by atoms with Gasteiger partial charge in [0.1, 0.15) is 0 Å². The fraction of sp³-hybridized carbons (Fsp3) is 0.647. The van der Waals surface area contributed by atoms with Gasteiger partial charge < -0.3 is 10.0 Å². The monoisotopic (exact) mass is 276 g/mol. The van der Waals surface area contributed by atoms with Gasteiger partial charge in [0, 0.05) is 32.2 Å². The molecule has 0 aromatic heterocycles. The standard InChI is InChI=1S/C17H28N2O/c1-17(2,3)15-7-5-6-14(10-15)11-19-9-8-18(4)12-16(19)13-20/h5-7,10,16,20H,8-9,11-13H2,1-4H3. The van der Waals surface area contributed by atoms with Gasteiger partial charge in [-0.3, -0.25) is 4.90 Å². The number of aliphatic hydroxyl groups is 1. The van der Waals surface area contributed by atoms with Gasteiger partial charge in [-0.25, -0.2) is 0 Å². The van der Waals surface area contributed by atoms with E-state index in [1.54, 1.807) is 0 Å². The predicted octanol–water partition coefficient (Wildman–Crippen LogP) is 2.09. The molecular weight excluding hydrogens is 248 g/mol. The summed E-state index contributed by atoms with van der Waals surface area (Å²) in [6.45, 7) is 11.0. The largest absolute Gasteiger partial charge is 0.395 e. The van der Waals surface area contributed by atoms with E-state index in [0.717, 1.165) is 26.2 Å².